The topological polar surface area (TPSA) is 61.1 Å². The number of Topliss-reactive ketones (excluding diaryl/α,β-unsaturated/α-hetero) is 1. The van der Waals surface area contributed by atoms with Crippen LogP contribution in [0.1, 0.15) is 23.0 Å². The summed E-state index contributed by atoms with van der Waals surface area (Å²) in [5, 5.41) is 10.4. The van der Waals surface area contributed by atoms with Crippen molar-refractivity contribution in [3.8, 4) is 0 Å². The number of aromatic nitrogens is 1. The van der Waals surface area contributed by atoms with Crippen molar-refractivity contribution in [2.75, 3.05) is 0 Å². The first-order valence-electron chi connectivity index (χ1n) is 4.20. The molecule has 0 aromatic carbocycles. The first kappa shape index (κ1) is 10.4. The summed E-state index contributed by atoms with van der Waals surface area (Å²) in [6, 6.07) is 3.32. The van der Waals surface area contributed by atoms with Crippen LogP contribution < -0.4 is 9.67 Å². The number of carboxylic acid groups (broad SMARTS) is 1. The zero-order chi connectivity index (χ0) is 10.7. The lowest BCUT2D eigenvalue weighted by Crippen LogP contribution is -2.37. The number of pyridine rings is 1. The Bertz CT molecular complexity index is 385. The summed E-state index contributed by atoms with van der Waals surface area (Å²) < 4.78 is 1.61. The Hall–Kier alpha value is -1.71. The lowest BCUT2D eigenvalue weighted by Gasteiger charge is -2.04. The van der Waals surface area contributed by atoms with Gasteiger partial charge in [0.05, 0.1) is 0 Å². The van der Waals surface area contributed by atoms with Gasteiger partial charge >= 0.3 is 0 Å². The highest BCUT2D eigenvalue weighted by atomic mass is 16.4. The maximum atomic E-state index is 11.2. The van der Waals surface area contributed by atoms with E-state index < -0.39 is 5.97 Å². The van der Waals surface area contributed by atoms with Gasteiger partial charge in [-0.05, 0) is 6.07 Å². The molecule has 74 valence electrons. The molecular formula is C10H11NO3. The molecule has 0 bridgehead atoms. The van der Waals surface area contributed by atoms with Crippen LogP contribution in [0.2, 0.25) is 0 Å². The van der Waals surface area contributed by atoms with E-state index in [1.165, 1.54) is 6.92 Å². The van der Waals surface area contributed by atoms with E-state index in [4.69, 9.17) is 0 Å². The Kier molecular flexibility index (Phi) is 2.96. The Morgan fingerprint density at radius 3 is 2.64 bits per heavy atom. The molecule has 0 aliphatic rings. The molecule has 1 heterocycles. The Labute approximate surface area is 81.8 Å². The minimum absolute atomic E-state index is 0.149. The van der Waals surface area contributed by atoms with E-state index in [-0.39, 0.29) is 12.2 Å². The van der Waals surface area contributed by atoms with Crippen LogP contribution in [0.5, 0.6) is 0 Å². The Balaban J connectivity index is 3.21. The van der Waals surface area contributed by atoms with Crippen molar-refractivity contribution in [1.29, 1.82) is 0 Å². The van der Waals surface area contributed by atoms with Crippen molar-refractivity contribution in [3.63, 3.8) is 0 Å². The van der Waals surface area contributed by atoms with Gasteiger partial charge in [-0.25, -0.2) is 0 Å². The van der Waals surface area contributed by atoms with Crippen molar-refractivity contribution in [2.45, 2.75) is 13.3 Å². The molecule has 0 atom stereocenters. The maximum Gasteiger partial charge on any atom is 0.251 e. The SMILES string of the molecule is CC(=O)c1c(CC(=O)[O-])ccc[n+]1C. The number of aryl methyl sites for hydroxylation is 1. The Morgan fingerprint density at radius 1 is 1.50 bits per heavy atom. The number of hydrogen-bond donors (Lipinski definition) is 0. The van der Waals surface area contributed by atoms with Crippen LogP contribution in [-0.4, -0.2) is 11.8 Å². The number of carboxylic acids is 1. The van der Waals surface area contributed by atoms with Gasteiger partial charge in [-0.1, -0.05) is 0 Å². The molecule has 4 heteroatoms. The Morgan fingerprint density at radius 2 is 2.14 bits per heavy atom. The largest absolute Gasteiger partial charge is 0.550 e. The second-order valence-corrected chi connectivity index (χ2v) is 3.10. The van der Waals surface area contributed by atoms with E-state index >= 15 is 0 Å². The third-order valence-corrected chi connectivity index (χ3v) is 1.93. The summed E-state index contributed by atoms with van der Waals surface area (Å²) in [4.78, 5) is 21.7. The molecule has 0 aliphatic carbocycles. The number of aliphatic carboxylic acids is 1. The van der Waals surface area contributed by atoms with Crippen LogP contribution in [0.3, 0.4) is 0 Å². The highest BCUT2D eigenvalue weighted by Crippen LogP contribution is 2.04. The molecule has 0 spiro atoms. The molecule has 14 heavy (non-hydrogen) atoms. The quantitative estimate of drug-likeness (QED) is 0.457. The summed E-state index contributed by atoms with van der Waals surface area (Å²) in [5.74, 6) is -1.33. The summed E-state index contributed by atoms with van der Waals surface area (Å²) in [7, 11) is 1.70. The smallest absolute Gasteiger partial charge is 0.251 e. The van der Waals surface area contributed by atoms with Gasteiger partial charge in [-0.15, -0.1) is 0 Å². The van der Waals surface area contributed by atoms with Gasteiger partial charge in [-0.3, -0.25) is 4.79 Å². The van der Waals surface area contributed by atoms with Gasteiger partial charge in [0.2, 0.25) is 5.78 Å². The molecule has 0 aliphatic heterocycles. The van der Waals surface area contributed by atoms with Gasteiger partial charge in [0.15, 0.2) is 6.20 Å². The minimum Gasteiger partial charge on any atom is -0.550 e. The van der Waals surface area contributed by atoms with Gasteiger partial charge in [-0.2, -0.15) is 4.57 Å². The molecule has 0 unspecified atom stereocenters. The predicted octanol–water partition coefficient (Wildman–Crippen LogP) is -0.994. The van der Waals surface area contributed by atoms with Crippen LogP contribution in [-0.2, 0) is 18.3 Å². The summed E-state index contributed by atoms with van der Waals surface area (Å²) in [6.45, 7) is 1.41. The van der Waals surface area contributed by atoms with Gasteiger partial charge < -0.3 is 9.90 Å². The van der Waals surface area contributed by atoms with E-state index in [0.29, 0.717) is 11.3 Å². The standard InChI is InChI=1S/C10H11NO3/c1-7(12)10-8(6-9(13)14)4-3-5-11(10)2/h3-5H,6H2,1-2H3. The first-order valence-corrected chi connectivity index (χ1v) is 4.20. The number of rotatable bonds is 3. The van der Waals surface area contributed by atoms with E-state index in [2.05, 4.69) is 0 Å². The molecule has 4 nitrogen and oxygen atoms in total. The molecule has 0 amide bonds. The molecule has 0 saturated carbocycles. The highest BCUT2D eigenvalue weighted by molar-refractivity contribution is 5.93. The van der Waals surface area contributed by atoms with E-state index in [1.54, 1.807) is 29.9 Å². The van der Waals surface area contributed by atoms with Crippen LogP contribution in [0.15, 0.2) is 18.3 Å². The van der Waals surface area contributed by atoms with Crippen molar-refractivity contribution < 1.29 is 19.3 Å². The number of hydrogen-bond acceptors (Lipinski definition) is 3. The molecule has 0 saturated heterocycles. The molecule has 0 N–H and O–H groups in total. The van der Waals surface area contributed by atoms with Crippen LogP contribution in [0.4, 0.5) is 0 Å². The van der Waals surface area contributed by atoms with E-state index in [1.807, 2.05) is 0 Å². The fraction of sp³-hybridized carbons (Fsp3) is 0.300. The molecule has 0 fully saturated rings. The van der Waals surface area contributed by atoms with Crippen molar-refractivity contribution in [2.24, 2.45) is 7.05 Å². The summed E-state index contributed by atoms with van der Waals surface area (Å²) in [5.41, 5.74) is 0.902. The van der Waals surface area contributed by atoms with Crippen LogP contribution >= 0.6 is 0 Å². The fourth-order valence-corrected chi connectivity index (χ4v) is 1.44. The second-order valence-electron chi connectivity index (χ2n) is 3.10. The van der Waals surface area contributed by atoms with Crippen molar-refractivity contribution in [3.05, 3.63) is 29.6 Å². The lowest BCUT2D eigenvalue weighted by molar-refractivity contribution is -0.673. The highest BCUT2D eigenvalue weighted by Gasteiger charge is 2.17. The second kappa shape index (κ2) is 4.00. The zero-order valence-corrected chi connectivity index (χ0v) is 8.11. The van der Waals surface area contributed by atoms with Crippen LogP contribution in [0, 0.1) is 0 Å². The first-order chi connectivity index (χ1) is 6.52. The molecule has 1 rings (SSSR count). The van der Waals surface area contributed by atoms with Gasteiger partial charge in [0.1, 0.15) is 7.05 Å². The summed E-state index contributed by atoms with van der Waals surface area (Å²) >= 11 is 0. The average molecular weight is 193 g/mol. The van der Waals surface area contributed by atoms with E-state index in [0.717, 1.165) is 0 Å². The normalized spacial score (nSPS) is 9.86. The third kappa shape index (κ3) is 2.16. The minimum atomic E-state index is -1.18. The zero-order valence-electron chi connectivity index (χ0n) is 8.11. The van der Waals surface area contributed by atoms with E-state index in [9.17, 15) is 14.7 Å². The maximum absolute atomic E-state index is 11.2. The summed E-state index contributed by atoms with van der Waals surface area (Å²) in [6.07, 6.45) is 1.47. The molecule has 1 aromatic heterocycles. The number of nitrogens with zero attached hydrogens (tertiary/aromatic N) is 1. The van der Waals surface area contributed by atoms with Crippen molar-refractivity contribution in [1.82, 2.24) is 0 Å². The van der Waals surface area contributed by atoms with Crippen LogP contribution in [0.25, 0.3) is 0 Å². The van der Waals surface area contributed by atoms with Gasteiger partial charge in [0.25, 0.3) is 5.69 Å². The number of ketones is 1. The molecular weight excluding hydrogens is 182 g/mol. The molecule has 1 aromatic rings. The predicted molar refractivity (Wildman–Crippen MR) is 46.3 cm³/mol. The third-order valence-electron chi connectivity index (χ3n) is 1.93. The number of carbonyl (C=O) groups is 2. The fourth-order valence-electron chi connectivity index (χ4n) is 1.44. The number of carbonyl (C=O) groups excluding carboxylic acids is 2. The van der Waals surface area contributed by atoms with Gasteiger partial charge in [0, 0.05) is 30.9 Å². The monoisotopic (exact) mass is 193 g/mol. The molecule has 0 radical (unpaired) electrons. The van der Waals surface area contributed by atoms with Crippen molar-refractivity contribution >= 4 is 11.8 Å². The lowest BCUT2D eigenvalue weighted by atomic mass is 10.1. The average Bonchev–Trinajstić information content (AvgIpc) is 2.01.